The summed E-state index contributed by atoms with van der Waals surface area (Å²) in [6.07, 6.45) is 0. The maximum atomic E-state index is 10.8. The Morgan fingerprint density at radius 3 is 2.65 bits per heavy atom. The lowest BCUT2D eigenvalue weighted by molar-refractivity contribution is -0.384. The van der Waals surface area contributed by atoms with Crippen molar-refractivity contribution in [2.75, 3.05) is 7.11 Å². The number of nitrogens with zero attached hydrogens (tertiary/aromatic N) is 1. The summed E-state index contributed by atoms with van der Waals surface area (Å²) in [6.45, 7) is 3.34. The molecule has 0 bridgehead atoms. The Bertz CT molecular complexity index is 610. The van der Waals surface area contributed by atoms with Crippen LogP contribution in [-0.4, -0.2) is 12.0 Å². The first-order chi connectivity index (χ1) is 9.61. The van der Waals surface area contributed by atoms with E-state index in [2.05, 4.69) is 23.0 Å². The molecule has 0 saturated carbocycles. The Kier molecular flexibility index (Phi) is 4.70. The number of nitro groups is 1. The monoisotopic (exact) mass is 292 g/mol. The van der Waals surface area contributed by atoms with E-state index in [1.807, 2.05) is 0 Å². The van der Waals surface area contributed by atoms with Crippen molar-refractivity contribution in [2.45, 2.75) is 20.0 Å². The normalized spacial score (nSPS) is 10.5. The first kappa shape index (κ1) is 14.5. The van der Waals surface area contributed by atoms with Crippen LogP contribution in [-0.2, 0) is 13.1 Å². The molecule has 0 atom stereocenters. The first-order valence-corrected chi connectivity index (χ1v) is 7.09. The van der Waals surface area contributed by atoms with Crippen LogP contribution in [0.4, 0.5) is 5.69 Å². The molecule has 1 N–H and O–H groups in total. The number of benzene rings is 1. The highest BCUT2D eigenvalue weighted by Gasteiger charge is 2.11. The molecule has 0 fully saturated rings. The van der Waals surface area contributed by atoms with Crippen LogP contribution in [0.15, 0.2) is 29.0 Å². The fourth-order valence-corrected chi connectivity index (χ4v) is 2.77. The van der Waals surface area contributed by atoms with E-state index in [0.717, 1.165) is 12.1 Å². The van der Waals surface area contributed by atoms with Gasteiger partial charge >= 0.3 is 0 Å². The summed E-state index contributed by atoms with van der Waals surface area (Å²) in [5, 5.41) is 18.3. The molecule has 0 saturated heterocycles. The van der Waals surface area contributed by atoms with Crippen LogP contribution in [0.1, 0.15) is 16.7 Å². The molecule has 5 nitrogen and oxygen atoms in total. The van der Waals surface area contributed by atoms with E-state index in [0.29, 0.717) is 12.3 Å². The van der Waals surface area contributed by atoms with Gasteiger partial charge in [0.25, 0.3) is 5.69 Å². The van der Waals surface area contributed by atoms with Crippen LogP contribution in [0.25, 0.3) is 0 Å². The zero-order valence-electron chi connectivity index (χ0n) is 11.4. The van der Waals surface area contributed by atoms with Crippen LogP contribution in [0.2, 0.25) is 0 Å². The molecule has 2 aromatic rings. The van der Waals surface area contributed by atoms with Crippen LogP contribution < -0.4 is 10.1 Å². The number of ether oxygens (including phenoxy) is 1. The van der Waals surface area contributed by atoms with Gasteiger partial charge in [0.05, 0.1) is 12.0 Å². The topological polar surface area (TPSA) is 64.4 Å². The SMILES string of the molecule is COc1ccc([N+](=O)[O-])cc1CNCc1cscc1C. The molecule has 0 unspecified atom stereocenters. The Morgan fingerprint density at radius 1 is 1.30 bits per heavy atom. The third kappa shape index (κ3) is 3.34. The highest BCUT2D eigenvalue weighted by atomic mass is 32.1. The summed E-state index contributed by atoms with van der Waals surface area (Å²) in [4.78, 5) is 10.4. The number of hydrogen-bond donors (Lipinski definition) is 1. The molecule has 0 radical (unpaired) electrons. The third-order valence-corrected chi connectivity index (χ3v) is 3.98. The highest BCUT2D eigenvalue weighted by molar-refractivity contribution is 7.08. The smallest absolute Gasteiger partial charge is 0.270 e. The molecule has 0 amide bonds. The second-order valence-electron chi connectivity index (χ2n) is 4.44. The first-order valence-electron chi connectivity index (χ1n) is 6.15. The summed E-state index contributed by atoms with van der Waals surface area (Å²) in [6, 6.07) is 4.63. The lowest BCUT2D eigenvalue weighted by atomic mass is 10.1. The molecule has 1 heterocycles. The lowest BCUT2D eigenvalue weighted by Gasteiger charge is -2.09. The fourth-order valence-electron chi connectivity index (χ4n) is 1.92. The molecule has 6 heteroatoms. The number of nitro benzene ring substituents is 1. The van der Waals surface area contributed by atoms with E-state index < -0.39 is 4.92 Å². The number of methoxy groups -OCH3 is 1. The zero-order valence-corrected chi connectivity index (χ0v) is 12.2. The maximum absolute atomic E-state index is 10.8. The van der Waals surface area contributed by atoms with Crippen molar-refractivity contribution < 1.29 is 9.66 Å². The second-order valence-corrected chi connectivity index (χ2v) is 5.18. The Balaban J connectivity index is 2.06. The van der Waals surface area contributed by atoms with Crippen molar-refractivity contribution in [3.63, 3.8) is 0 Å². The van der Waals surface area contributed by atoms with E-state index in [-0.39, 0.29) is 5.69 Å². The van der Waals surface area contributed by atoms with Crippen LogP contribution in [0, 0.1) is 17.0 Å². The molecule has 0 spiro atoms. The van der Waals surface area contributed by atoms with Gasteiger partial charge in [-0.05, 0) is 34.9 Å². The van der Waals surface area contributed by atoms with Crippen LogP contribution in [0.5, 0.6) is 5.75 Å². The van der Waals surface area contributed by atoms with Gasteiger partial charge in [-0.15, -0.1) is 0 Å². The Hall–Kier alpha value is -1.92. The molecule has 20 heavy (non-hydrogen) atoms. The lowest BCUT2D eigenvalue weighted by Crippen LogP contribution is -2.13. The van der Waals surface area contributed by atoms with Crippen LogP contribution >= 0.6 is 11.3 Å². The predicted molar refractivity (Wildman–Crippen MR) is 79.2 cm³/mol. The van der Waals surface area contributed by atoms with Crippen molar-refractivity contribution in [1.29, 1.82) is 0 Å². The van der Waals surface area contributed by atoms with Gasteiger partial charge in [-0.2, -0.15) is 11.3 Å². The summed E-state index contributed by atoms with van der Waals surface area (Å²) in [7, 11) is 1.56. The molecule has 0 aliphatic rings. The molecule has 2 rings (SSSR count). The number of non-ortho nitro benzene ring substituents is 1. The van der Waals surface area contributed by atoms with Crippen molar-refractivity contribution in [1.82, 2.24) is 5.32 Å². The summed E-state index contributed by atoms with van der Waals surface area (Å²) in [5.41, 5.74) is 3.37. The average Bonchev–Trinajstić information content (AvgIpc) is 2.84. The van der Waals surface area contributed by atoms with Gasteiger partial charge in [-0.25, -0.2) is 0 Å². The van der Waals surface area contributed by atoms with Crippen molar-refractivity contribution in [3.05, 3.63) is 55.8 Å². The molecule has 1 aromatic carbocycles. The van der Waals surface area contributed by atoms with Gasteiger partial charge in [0, 0.05) is 30.8 Å². The minimum Gasteiger partial charge on any atom is -0.496 e. The zero-order chi connectivity index (χ0) is 14.5. The minimum atomic E-state index is -0.397. The van der Waals surface area contributed by atoms with Crippen molar-refractivity contribution in [3.8, 4) is 5.75 Å². The summed E-state index contributed by atoms with van der Waals surface area (Å²) >= 11 is 1.67. The van der Waals surface area contributed by atoms with E-state index in [9.17, 15) is 10.1 Å². The molecular formula is C14H16N2O3S. The average molecular weight is 292 g/mol. The van der Waals surface area contributed by atoms with Gasteiger partial charge < -0.3 is 10.1 Å². The highest BCUT2D eigenvalue weighted by Crippen LogP contribution is 2.24. The molecular weight excluding hydrogens is 276 g/mol. The predicted octanol–water partition coefficient (Wildman–Crippen LogP) is 3.26. The van der Waals surface area contributed by atoms with E-state index in [4.69, 9.17) is 4.74 Å². The number of rotatable bonds is 6. The summed E-state index contributed by atoms with van der Waals surface area (Å²) in [5.74, 6) is 0.658. The third-order valence-electron chi connectivity index (χ3n) is 3.07. The van der Waals surface area contributed by atoms with E-state index >= 15 is 0 Å². The van der Waals surface area contributed by atoms with Crippen LogP contribution in [0.3, 0.4) is 0 Å². The molecule has 106 valence electrons. The Labute approximate surface area is 121 Å². The van der Waals surface area contributed by atoms with Gasteiger partial charge in [-0.3, -0.25) is 10.1 Å². The molecule has 0 aliphatic heterocycles. The number of thiophene rings is 1. The largest absolute Gasteiger partial charge is 0.496 e. The molecule has 1 aromatic heterocycles. The minimum absolute atomic E-state index is 0.0781. The van der Waals surface area contributed by atoms with Crippen molar-refractivity contribution >= 4 is 17.0 Å². The van der Waals surface area contributed by atoms with E-state index in [1.165, 1.54) is 17.2 Å². The van der Waals surface area contributed by atoms with Gasteiger partial charge in [0.1, 0.15) is 5.75 Å². The number of aryl methyl sites for hydroxylation is 1. The number of nitrogens with one attached hydrogen (secondary N) is 1. The van der Waals surface area contributed by atoms with Gasteiger partial charge in [0.15, 0.2) is 0 Å². The summed E-state index contributed by atoms with van der Waals surface area (Å²) < 4.78 is 5.23. The van der Waals surface area contributed by atoms with E-state index in [1.54, 1.807) is 30.6 Å². The maximum Gasteiger partial charge on any atom is 0.270 e. The Morgan fingerprint density at radius 2 is 2.05 bits per heavy atom. The fraction of sp³-hybridized carbons (Fsp3) is 0.286. The standard InChI is InChI=1S/C14H16N2O3S/c1-10-8-20-9-12(10)7-15-6-11-5-13(16(17)18)3-4-14(11)19-2/h3-5,8-9,15H,6-7H2,1-2H3. The molecule has 0 aliphatic carbocycles. The quantitative estimate of drug-likeness (QED) is 0.655. The number of hydrogen-bond acceptors (Lipinski definition) is 5. The second kappa shape index (κ2) is 6.49. The van der Waals surface area contributed by atoms with Crippen molar-refractivity contribution in [2.24, 2.45) is 0 Å². The van der Waals surface area contributed by atoms with Gasteiger partial charge in [-0.1, -0.05) is 0 Å². The van der Waals surface area contributed by atoms with Gasteiger partial charge in [0.2, 0.25) is 0 Å².